The molecule has 0 bridgehead atoms. The molecule has 1 aliphatic heterocycles. The number of sulfonamides is 1. The van der Waals surface area contributed by atoms with Crippen molar-refractivity contribution in [3.63, 3.8) is 0 Å². The number of anilines is 2. The van der Waals surface area contributed by atoms with E-state index in [-0.39, 0.29) is 22.8 Å². The van der Waals surface area contributed by atoms with Crippen molar-refractivity contribution in [1.29, 1.82) is 0 Å². The van der Waals surface area contributed by atoms with Crippen LogP contribution in [0.4, 0.5) is 20.2 Å². The largest absolute Gasteiger partial charge is 0.433 e. The fourth-order valence-electron chi connectivity index (χ4n) is 2.69. The number of ether oxygens (including phenoxy) is 1. The van der Waals surface area contributed by atoms with Crippen molar-refractivity contribution in [2.45, 2.75) is 13.0 Å². The van der Waals surface area contributed by atoms with Gasteiger partial charge >= 0.3 is 6.61 Å². The molecule has 1 fully saturated rings. The predicted molar refractivity (Wildman–Crippen MR) is 93.2 cm³/mol. The maximum absolute atomic E-state index is 12.5. The first-order valence-corrected chi connectivity index (χ1v) is 9.43. The Labute approximate surface area is 149 Å². The molecule has 2 aromatic carbocycles. The van der Waals surface area contributed by atoms with Crippen molar-refractivity contribution in [2.24, 2.45) is 0 Å². The summed E-state index contributed by atoms with van der Waals surface area (Å²) in [4.78, 5) is 12.5. The highest BCUT2D eigenvalue weighted by Gasteiger charge is 2.28. The number of alkyl halides is 2. The molecule has 1 N–H and O–H groups in total. The van der Waals surface area contributed by atoms with E-state index >= 15 is 0 Å². The van der Waals surface area contributed by atoms with Crippen LogP contribution in [0.5, 0.6) is 5.75 Å². The Morgan fingerprint density at radius 1 is 1.15 bits per heavy atom. The highest BCUT2D eigenvalue weighted by molar-refractivity contribution is 7.93. The lowest BCUT2D eigenvalue weighted by atomic mass is 10.1. The van der Waals surface area contributed by atoms with Crippen LogP contribution in [-0.2, 0) is 10.0 Å². The van der Waals surface area contributed by atoms with Gasteiger partial charge in [0.15, 0.2) is 0 Å². The van der Waals surface area contributed by atoms with Gasteiger partial charge in [0, 0.05) is 12.1 Å². The van der Waals surface area contributed by atoms with Crippen LogP contribution < -0.4 is 14.4 Å². The van der Waals surface area contributed by atoms with Gasteiger partial charge in [0.25, 0.3) is 5.91 Å². The van der Waals surface area contributed by atoms with Gasteiger partial charge in [0.1, 0.15) is 5.75 Å². The number of carbonyl (C=O) groups excluding carboxylic acids is 1. The zero-order chi connectivity index (χ0) is 18.7. The van der Waals surface area contributed by atoms with Crippen molar-refractivity contribution in [3.8, 4) is 5.75 Å². The van der Waals surface area contributed by atoms with Crippen molar-refractivity contribution in [2.75, 3.05) is 21.9 Å². The molecule has 1 amide bonds. The summed E-state index contributed by atoms with van der Waals surface area (Å²) in [6, 6.07) is 12.0. The molecule has 0 spiro atoms. The predicted octanol–water partition coefficient (Wildman–Crippen LogP) is 3.08. The van der Waals surface area contributed by atoms with Crippen molar-refractivity contribution < 1.29 is 26.7 Å². The minimum Gasteiger partial charge on any atom is -0.433 e. The summed E-state index contributed by atoms with van der Waals surface area (Å²) in [5.74, 6) is -0.648. The maximum atomic E-state index is 12.5. The molecule has 26 heavy (non-hydrogen) atoms. The van der Waals surface area contributed by atoms with E-state index in [0.717, 1.165) is 0 Å². The second-order valence-corrected chi connectivity index (χ2v) is 7.63. The normalized spacial score (nSPS) is 15.9. The SMILES string of the molecule is O=C(Nc1ccccc1OC(F)F)c1cccc(N2CCCS2(=O)=O)c1. The van der Waals surface area contributed by atoms with Crippen LogP contribution in [0.1, 0.15) is 16.8 Å². The van der Waals surface area contributed by atoms with Gasteiger partial charge in [-0.1, -0.05) is 18.2 Å². The number of nitrogens with one attached hydrogen (secondary N) is 1. The van der Waals surface area contributed by atoms with E-state index in [9.17, 15) is 22.0 Å². The molecule has 6 nitrogen and oxygen atoms in total. The van der Waals surface area contributed by atoms with E-state index in [4.69, 9.17) is 0 Å². The smallest absolute Gasteiger partial charge is 0.387 e. The first-order valence-electron chi connectivity index (χ1n) is 7.82. The molecular weight excluding hydrogens is 366 g/mol. The van der Waals surface area contributed by atoms with Gasteiger partial charge in [-0.3, -0.25) is 9.10 Å². The fourth-order valence-corrected chi connectivity index (χ4v) is 4.25. The molecule has 9 heteroatoms. The van der Waals surface area contributed by atoms with Gasteiger partial charge < -0.3 is 10.1 Å². The average molecular weight is 382 g/mol. The minimum atomic E-state index is -3.36. The van der Waals surface area contributed by atoms with Crippen LogP contribution in [0.15, 0.2) is 48.5 Å². The van der Waals surface area contributed by atoms with Crippen molar-refractivity contribution in [3.05, 3.63) is 54.1 Å². The topological polar surface area (TPSA) is 75.7 Å². The third-order valence-electron chi connectivity index (χ3n) is 3.85. The third kappa shape index (κ3) is 3.93. The molecule has 0 unspecified atom stereocenters. The lowest BCUT2D eigenvalue weighted by Gasteiger charge is -2.17. The second-order valence-electron chi connectivity index (χ2n) is 5.62. The van der Waals surface area contributed by atoms with Gasteiger partial charge in [0.2, 0.25) is 10.0 Å². The maximum Gasteiger partial charge on any atom is 0.387 e. The number of carbonyl (C=O) groups is 1. The molecule has 2 aromatic rings. The van der Waals surface area contributed by atoms with Crippen LogP contribution in [0, 0.1) is 0 Å². The molecule has 1 saturated heterocycles. The Kier molecular flexibility index (Phi) is 5.08. The van der Waals surface area contributed by atoms with Crippen LogP contribution >= 0.6 is 0 Å². The summed E-state index contributed by atoms with van der Waals surface area (Å²) >= 11 is 0. The number of hydrogen-bond acceptors (Lipinski definition) is 4. The lowest BCUT2D eigenvalue weighted by molar-refractivity contribution is -0.0493. The summed E-state index contributed by atoms with van der Waals surface area (Å²) in [6.07, 6.45) is 0.525. The number of nitrogens with zero attached hydrogens (tertiary/aromatic N) is 1. The number of halogens is 2. The van der Waals surface area contributed by atoms with Crippen LogP contribution in [0.25, 0.3) is 0 Å². The van der Waals surface area contributed by atoms with Crippen molar-refractivity contribution in [1.82, 2.24) is 0 Å². The zero-order valence-electron chi connectivity index (χ0n) is 13.6. The van der Waals surface area contributed by atoms with E-state index in [1.54, 1.807) is 18.2 Å². The summed E-state index contributed by atoms with van der Waals surface area (Å²) in [5.41, 5.74) is 0.695. The Balaban J connectivity index is 1.83. The van der Waals surface area contributed by atoms with E-state index in [1.165, 1.54) is 34.6 Å². The average Bonchev–Trinajstić information content (AvgIpc) is 2.95. The number of para-hydroxylation sites is 2. The minimum absolute atomic E-state index is 0.0712. The number of benzene rings is 2. The molecular formula is C17H16F2N2O4S. The lowest BCUT2D eigenvalue weighted by Crippen LogP contribution is -2.25. The molecule has 138 valence electrons. The quantitative estimate of drug-likeness (QED) is 0.862. The Bertz CT molecular complexity index is 918. The fraction of sp³-hybridized carbons (Fsp3) is 0.235. The third-order valence-corrected chi connectivity index (χ3v) is 5.72. The second kappa shape index (κ2) is 7.28. The molecule has 1 heterocycles. The van der Waals surface area contributed by atoms with E-state index in [0.29, 0.717) is 18.7 Å². The molecule has 1 aliphatic rings. The highest BCUT2D eigenvalue weighted by Crippen LogP contribution is 2.28. The zero-order valence-corrected chi connectivity index (χ0v) is 14.4. The van der Waals surface area contributed by atoms with Crippen LogP contribution in [0.3, 0.4) is 0 Å². The summed E-state index contributed by atoms with van der Waals surface area (Å²) < 4.78 is 54.6. The first-order chi connectivity index (χ1) is 12.4. The number of hydrogen-bond donors (Lipinski definition) is 1. The van der Waals surface area contributed by atoms with Crippen molar-refractivity contribution >= 4 is 27.3 Å². The number of amides is 1. The molecule has 0 aliphatic carbocycles. The Morgan fingerprint density at radius 3 is 2.62 bits per heavy atom. The Hall–Kier alpha value is -2.68. The summed E-state index contributed by atoms with van der Waals surface area (Å²) in [5, 5.41) is 2.51. The molecule has 0 saturated carbocycles. The standard InChI is InChI=1S/C17H16F2N2O4S/c18-17(19)25-15-8-2-1-7-14(15)20-16(22)12-5-3-6-13(11-12)21-9-4-10-26(21,23)24/h1-3,5-8,11,17H,4,9-10H2,(H,20,22). The van der Waals surface area contributed by atoms with E-state index < -0.39 is 22.5 Å². The van der Waals surface area contributed by atoms with Crippen LogP contribution in [0.2, 0.25) is 0 Å². The molecule has 0 atom stereocenters. The molecule has 0 radical (unpaired) electrons. The van der Waals surface area contributed by atoms with Crippen LogP contribution in [-0.4, -0.2) is 33.2 Å². The van der Waals surface area contributed by atoms with Gasteiger partial charge in [0.05, 0.1) is 17.1 Å². The highest BCUT2D eigenvalue weighted by atomic mass is 32.2. The monoisotopic (exact) mass is 382 g/mol. The van der Waals surface area contributed by atoms with E-state index in [2.05, 4.69) is 10.1 Å². The molecule has 3 rings (SSSR count). The van der Waals surface area contributed by atoms with Gasteiger partial charge in [-0.25, -0.2) is 8.42 Å². The van der Waals surface area contributed by atoms with Gasteiger partial charge in [-0.05, 0) is 36.8 Å². The van der Waals surface area contributed by atoms with Gasteiger partial charge in [-0.2, -0.15) is 8.78 Å². The van der Waals surface area contributed by atoms with E-state index in [1.807, 2.05) is 0 Å². The number of rotatable bonds is 5. The first kappa shape index (κ1) is 18.1. The molecule has 0 aromatic heterocycles. The Morgan fingerprint density at radius 2 is 1.92 bits per heavy atom. The van der Waals surface area contributed by atoms with Gasteiger partial charge in [-0.15, -0.1) is 0 Å². The summed E-state index contributed by atoms with van der Waals surface area (Å²) in [6.45, 7) is -2.66. The summed E-state index contributed by atoms with van der Waals surface area (Å²) in [7, 11) is -3.36.